The Hall–Kier alpha value is -0.890. The fraction of sp³-hybridized carbons (Fsp3) is 0.500. The van der Waals surface area contributed by atoms with Crippen molar-refractivity contribution < 1.29 is 9.66 Å². The van der Waals surface area contributed by atoms with Crippen molar-refractivity contribution in [1.29, 1.82) is 0 Å². The van der Waals surface area contributed by atoms with Crippen molar-refractivity contribution in [2.45, 2.75) is 6.42 Å². The van der Waals surface area contributed by atoms with Crippen LogP contribution in [-0.2, 0) is 4.74 Å². The minimum atomic E-state index is -0.344. The summed E-state index contributed by atoms with van der Waals surface area (Å²) in [6.07, 6.45) is 1.11. The highest BCUT2D eigenvalue weighted by Gasteiger charge is 2.23. The molecule has 6 heteroatoms. The van der Waals surface area contributed by atoms with Crippen LogP contribution in [0.5, 0.6) is 0 Å². The first-order chi connectivity index (χ1) is 8.61. The number of rotatable bonds is 4. The Kier molecular flexibility index (Phi) is 4.39. The first-order valence-corrected chi connectivity index (χ1v) is 6.87. The summed E-state index contributed by atoms with van der Waals surface area (Å²) in [6, 6.07) is 5.30. The van der Waals surface area contributed by atoms with Crippen molar-refractivity contribution >= 4 is 34.0 Å². The molecule has 0 amide bonds. The lowest BCUT2D eigenvalue weighted by atomic mass is 10.1. The molecule has 1 fully saturated rings. The lowest BCUT2D eigenvalue weighted by molar-refractivity contribution is -0.385. The van der Waals surface area contributed by atoms with Crippen molar-refractivity contribution in [1.82, 2.24) is 0 Å². The van der Waals surface area contributed by atoms with Gasteiger partial charge in [0.15, 0.2) is 0 Å². The van der Waals surface area contributed by atoms with Crippen molar-refractivity contribution in [3.63, 3.8) is 0 Å². The third-order valence-electron chi connectivity index (χ3n) is 3.18. The lowest BCUT2D eigenvalue weighted by Gasteiger charge is -2.18. The highest BCUT2D eigenvalue weighted by Crippen LogP contribution is 2.29. The summed E-state index contributed by atoms with van der Waals surface area (Å²) in [6.45, 7) is 2.73. The van der Waals surface area contributed by atoms with Crippen LogP contribution in [0.3, 0.4) is 0 Å². The van der Waals surface area contributed by atoms with E-state index in [1.54, 1.807) is 13.2 Å². The quantitative estimate of drug-likeness (QED) is 0.470. The first-order valence-electron chi connectivity index (χ1n) is 5.79. The van der Waals surface area contributed by atoms with Crippen LogP contribution in [0.25, 0.3) is 0 Å². The molecule has 1 saturated heterocycles. The van der Waals surface area contributed by atoms with E-state index >= 15 is 0 Å². The van der Waals surface area contributed by atoms with Gasteiger partial charge in [0.05, 0.1) is 15.1 Å². The Labute approximate surface area is 119 Å². The van der Waals surface area contributed by atoms with Gasteiger partial charge in [0.25, 0.3) is 5.69 Å². The van der Waals surface area contributed by atoms with E-state index in [2.05, 4.69) is 4.90 Å². The van der Waals surface area contributed by atoms with E-state index in [0.29, 0.717) is 9.49 Å². The molecule has 0 saturated carbocycles. The van der Waals surface area contributed by atoms with E-state index in [4.69, 9.17) is 4.74 Å². The van der Waals surface area contributed by atoms with Crippen LogP contribution in [0.2, 0.25) is 0 Å². The third-order valence-corrected chi connectivity index (χ3v) is 4.05. The number of halogens is 1. The van der Waals surface area contributed by atoms with Crippen LogP contribution in [0.4, 0.5) is 11.4 Å². The van der Waals surface area contributed by atoms with E-state index in [-0.39, 0.29) is 10.6 Å². The summed E-state index contributed by atoms with van der Waals surface area (Å²) in [4.78, 5) is 12.7. The van der Waals surface area contributed by atoms with E-state index in [0.717, 1.165) is 31.8 Å². The molecule has 2 rings (SSSR count). The first kappa shape index (κ1) is 13.5. The van der Waals surface area contributed by atoms with E-state index < -0.39 is 0 Å². The topological polar surface area (TPSA) is 55.6 Å². The summed E-state index contributed by atoms with van der Waals surface area (Å²) in [5, 5.41) is 10.8. The molecular weight excluding hydrogens is 347 g/mol. The van der Waals surface area contributed by atoms with Gasteiger partial charge in [-0.1, -0.05) is 0 Å². The summed E-state index contributed by atoms with van der Waals surface area (Å²) in [5.74, 6) is 0.558. The van der Waals surface area contributed by atoms with Gasteiger partial charge in [-0.2, -0.15) is 0 Å². The molecule has 0 N–H and O–H groups in total. The van der Waals surface area contributed by atoms with Gasteiger partial charge in [-0.25, -0.2) is 0 Å². The Bertz CT molecular complexity index is 453. The molecule has 0 spiro atoms. The van der Waals surface area contributed by atoms with Crippen LogP contribution in [0.1, 0.15) is 6.42 Å². The van der Waals surface area contributed by atoms with Crippen LogP contribution < -0.4 is 4.90 Å². The fourth-order valence-corrected chi connectivity index (χ4v) is 2.98. The predicted molar refractivity (Wildman–Crippen MR) is 78.0 cm³/mol. The second-order valence-electron chi connectivity index (χ2n) is 4.45. The number of methoxy groups -OCH3 is 1. The number of nitro benzene ring substituents is 1. The molecule has 0 aliphatic carbocycles. The van der Waals surface area contributed by atoms with E-state index in [1.807, 2.05) is 34.7 Å². The molecular formula is C12H15IN2O3. The number of benzene rings is 1. The normalized spacial score (nSPS) is 19.2. The van der Waals surface area contributed by atoms with Gasteiger partial charge in [-0.05, 0) is 41.1 Å². The molecule has 1 aromatic rings. The average molecular weight is 362 g/mol. The van der Waals surface area contributed by atoms with Gasteiger partial charge in [-0.15, -0.1) is 0 Å². The molecule has 0 radical (unpaired) electrons. The zero-order chi connectivity index (χ0) is 13.1. The molecule has 1 aromatic carbocycles. The number of anilines is 1. The van der Waals surface area contributed by atoms with Gasteiger partial charge in [0.1, 0.15) is 0 Å². The molecule has 1 aliphatic heterocycles. The van der Waals surface area contributed by atoms with Gasteiger partial charge in [0.2, 0.25) is 0 Å². The number of nitro groups is 1. The van der Waals surface area contributed by atoms with Crippen molar-refractivity contribution in [3.8, 4) is 0 Å². The monoisotopic (exact) mass is 362 g/mol. The summed E-state index contributed by atoms with van der Waals surface area (Å²) in [7, 11) is 1.72. The Balaban J connectivity index is 2.11. The largest absolute Gasteiger partial charge is 0.384 e. The molecule has 1 atom stereocenters. The Morgan fingerprint density at radius 1 is 1.61 bits per heavy atom. The summed E-state index contributed by atoms with van der Waals surface area (Å²) in [5.41, 5.74) is 1.23. The van der Waals surface area contributed by atoms with Gasteiger partial charge < -0.3 is 9.64 Å². The van der Waals surface area contributed by atoms with Crippen LogP contribution in [-0.4, -0.2) is 31.7 Å². The minimum Gasteiger partial charge on any atom is -0.384 e. The summed E-state index contributed by atoms with van der Waals surface area (Å²) >= 11 is 2.02. The molecule has 18 heavy (non-hydrogen) atoms. The van der Waals surface area contributed by atoms with Gasteiger partial charge in [-0.3, -0.25) is 10.1 Å². The van der Waals surface area contributed by atoms with E-state index in [1.165, 1.54) is 0 Å². The van der Waals surface area contributed by atoms with Gasteiger partial charge >= 0.3 is 0 Å². The maximum Gasteiger partial charge on any atom is 0.282 e. The number of nitrogens with zero attached hydrogens (tertiary/aromatic N) is 2. The van der Waals surface area contributed by atoms with Crippen LogP contribution >= 0.6 is 22.6 Å². The van der Waals surface area contributed by atoms with Crippen molar-refractivity contribution in [2.75, 3.05) is 31.7 Å². The third kappa shape index (κ3) is 2.92. The van der Waals surface area contributed by atoms with Crippen molar-refractivity contribution in [2.24, 2.45) is 5.92 Å². The highest BCUT2D eigenvalue weighted by atomic mass is 127. The Morgan fingerprint density at radius 2 is 2.39 bits per heavy atom. The number of ether oxygens (including phenoxy) is 1. The Morgan fingerprint density at radius 3 is 3.00 bits per heavy atom. The minimum absolute atomic E-state index is 0.173. The van der Waals surface area contributed by atoms with Crippen LogP contribution in [0, 0.1) is 19.6 Å². The lowest BCUT2D eigenvalue weighted by Crippen LogP contribution is -2.21. The zero-order valence-electron chi connectivity index (χ0n) is 10.1. The highest BCUT2D eigenvalue weighted by molar-refractivity contribution is 14.1. The molecule has 0 aromatic heterocycles. The maximum absolute atomic E-state index is 10.8. The predicted octanol–water partition coefficient (Wildman–Crippen LogP) is 2.67. The SMILES string of the molecule is COCC1CCN(c2ccc([N+](=O)[O-])c(I)c2)C1. The molecule has 98 valence electrons. The number of hydrogen-bond donors (Lipinski definition) is 0. The van der Waals surface area contributed by atoms with E-state index in [9.17, 15) is 10.1 Å². The van der Waals surface area contributed by atoms with Crippen LogP contribution in [0.15, 0.2) is 18.2 Å². The molecule has 1 aliphatic rings. The molecule has 1 unspecified atom stereocenters. The average Bonchev–Trinajstić information content (AvgIpc) is 2.77. The molecule has 1 heterocycles. The zero-order valence-corrected chi connectivity index (χ0v) is 12.3. The second kappa shape index (κ2) is 5.83. The number of hydrogen-bond acceptors (Lipinski definition) is 4. The molecule has 0 bridgehead atoms. The smallest absolute Gasteiger partial charge is 0.282 e. The fourth-order valence-electron chi connectivity index (χ4n) is 2.28. The maximum atomic E-state index is 10.8. The summed E-state index contributed by atoms with van der Waals surface area (Å²) < 4.78 is 5.85. The molecule has 5 nitrogen and oxygen atoms in total. The second-order valence-corrected chi connectivity index (χ2v) is 5.61. The standard InChI is InChI=1S/C12H15IN2O3/c1-18-8-9-4-5-14(7-9)10-2-3-12(15(16)17)11(13)6-10/h2-3,6,9H,4-5,7-8H2,1H3. The van der Waals surface area contributed by atoms with Gasteiger partial charge in [0, 0.05) is 37.9 Å². The van der Waals surface area contributed by atoms with Crippen molar-refractivity contribution in [3.05, 3.63) is 31.9 Å².